The van der Waals surface area contributed by atoms with Crippen LogP contribution < -0.4 is 0 Å². The average molecular weight is 504 g/mol. The van der Waals surface area contributed by atoms with Crippen molar-refractivity contribution in [2.24, 2.45) is 11.8 Å². The molecule has 0 spiro atoms. The largest absolute Gasteiger partial charge is 0.461 e. The first-order chi connectivity index (χ1) is 5.20. The zero-order valence-electron chi connectivity index (χ0n) is 8.21. The van der Waals surface area contributed by atoms with Gasteiger partial charge in [-0.2, -0.15) is 11.8 Å². The molecule has 2 unspecified atom stereocenters. The molecule has 0 aromatic carbocycles. The van der Waals surface area contributed by atoms with Crippen LogP contribution in [-0.4, -0.2) is 5.78 Å². The summed E-state index contributed by atoms with van der Waals surface area (Å²) in [5.41, 5.74) is 0. The van der Waals surface area contributed by atoms with Gasteiger partial charge in [0.05, 0.1) is 0 Å². The van der Waals surface area contributed by atoms with Gasteiger partial charge >= 0.3 is 0 Å². The quantitative estimate of drug-likeness (QED) is 0.395. The maximum absolute atomic E-state index is 11.2. The zero-order valence-corrected chi connectivity index (χ0v) is 17.4. The molecular formula is C10H12ORfY-2. The number of carbonyl (C=O) groups excluding carboxylic acids is 1. The van der Waals surface area contributed by atoms with E-state index in [2.05, 4.69) is 19.1 Å². The number of rotatable bonds is 1. The van der Waals surface area contributed by atoms with Gasteiger partial charge < -0.3 is 16.6 Å². The van der Waals surface area contributed by atoms with Gasteiger partial charge in [0.2, 0.25) is 0 Å². The molecule has 0 aromatic heterocycles. The van der Waals surface area contributed by atoms with Crippen LogP contribution in [-0.2, 0) is 37.5 Å². The fraction of sp³-hybridized carbons (Fsp3) is 0.500. The Hall–Kier alpha value is -0.616. The van der Waals surface area contributed by atoms with Crippen molar-refractivity contribution in [1.29, 1.82) is 0 Å². The molecule has 0 N–H and O–H groups in total. The van der Waals surface area contributed by atoms with E-state index >= 15 is 0 Å². The van der Waals surface area contributed by atoms with Crippen molar-refractivity contribution in [2.45, 2.75) is 20.3 Å². The third-order valence-electron chi connectivity index (χ3n) is 2.81. The summed E-state index contributed by atoms with van der Waals surface area (Å²) >= 11 is 0. The van der Waals surface area contributed by atoms with Crippen molar-refractivity contribution in [3.63, 3.8) is 0 Å². The van der Waals surface area contributed by atoms with Crippen LogP contribution in [0.3, 0.4) is 0 Å². The van der Waals surface area contributed by atoms with E-state index in [0.29, 0.717) is 11.8 Å². The molecule has 2 rings (SSSR count). The van der Waals surface area contributed by atoms with Crippen molar-refractivity contribution in [2.75, 3.05) is 0 Å². The number of carbonyl (C=O) groups is 1. The predicted octanol–water partition coefficient (Wildman–Crippen LogP) is 1.95. The number of hydrogen-bond donors (Lipinski definition) is 0. The molecule has 2 bridgehead atoms. The number of Topliss-reactive ketones (excluding diaryl/α,β-unsaturated/α-hetero) is 1. The molecule has 3 heteroatoms. The Balaban J connectivity index is 0.000000720. The van der Waals surface area contributed by atoms with Gasteiger partial charge in [0.25, 0.3) is 0 Å². The number of ketones is 1. The Morgan fingerprint density at radius 1 is 1.38 bits per heavy atom. The standard InChI is InChI=1S/C10H12O.Rf.Y/c1-6-8-3-4-9(5-8)10(6)7(2)11;;/h3-4,8-9H,5H2,1-2H3;;/q-2;;. The van der Waals surface area contributed by atoms with Gasteiger partial charge in [-0.3, -0.25) is 0 Å². The Morgan fingerprint density at radius 2 is 1.92 bits per heavy atom. The van der Waals surface area contributed by atoms with Crippen LogP contribution in [0.4, 0.5) is 0 Å². The summed E-state index contributed by atoms with van der Waals surface area (Å²) in [5.74, 6) is 3.69. The molecule has 0 saturated heterocycles. The maximum atomic E-state index is 11.2. The molecule has 1 saturated carbocycles. The minimum absolute atomic E-state index is 0. The Labute approximate surface area is 98.9 Å². The summed E-state index contributed by atoms with van der Waals surface area (Å²) in [6, 6.07) is 0. The summed E-state index contributed by atoms with van der Waals surface area (Å²) in [6.45, 7) is 3.76. The van der Waals surface area contributed by atoms with E-state index in [9.17, 15) is 4.79 Å². The van der Waals surface area contributed by atoms with Crippen LogP contribution in [0.5, 0.6) is 0 Å². The van der Waals surface area contributed by atoms with E-state index in [1.807, 2.05) is 0 Å². The van der Waals surface area contributed by atoms with Gasteiger partial charge in [-0.1, -0.05) is 6.42 Å². The third kappa shape index (κ3) is 1.69. The second kappa shape index (κ2) is 4.06. The monoisotopic (exact) mass is 504 g/mol. The molecule has 1 fully saturated rings. The first kappa shape index (κ1) is 12.4. The molecule has 2 aliphatic carbocycles. The molecule has 0 heterocycles. The minimum Gasteiger partial charge on any atom is -0.461 e. The van der Waals surface area contributed by atoms with Gasteiger partial charge in [-0.05, 0) is 12.7 Å². The normalized spacial score (nSPS) is 29.8. The molecule has 0 aliphatic heterocycles. The fourth-order valence-electron chi connectivity index (χ4n) is 2.27. The zero-order chi connectivity index (χ0) is 8.01. The predicted molar refractivity (Wildman–Crippen MR) is 43.6 cm³/mol. The van der Waals surface area contributed by atoms with Crippen LogP contribution in [0, 0.1) is 23.7 Å². The molecule has 0 amide bonds. The van der Waals surface area contributed by atoms with Gasteiger partial charge in [0, 0.05) is 32.7 Å². The Morgan fingerprint density at radius 3 is 2.23 bits per heavy atom. The van der Waals surface area contributed by atoms with E-state index in [1.165, 1.54) is 5.92 Å². The fourth-order valence-corrected chi connectivity index (χ4v) is 2.27. The Bertz CT molecular complexity index is 227. The number of fused-ring (bicyclic) bond motifs is 2. The second-order valence-electron chi connectivity index (χ2n) is 3.49. The van der Waals surface area contributed by atoms with E-state index in [0.717, 1.165) is 12.3 Å². The topological polar surface area (TPSA) is 17.1 Å². The van der Waals surface area contributed by atoms with Crippen LogP contribution >= 0.6 is 0 Å². The minimum atomic E-state index is 0. The van der Waals surface area contributed by atoms with Crippen LogP contribution in [0.2, 0.25) is 0 Å². The van der Waals surface area contributed by atoms with Gasteiger partial charge in [0.15, 0.2) is 0 Å². The van der Waals surface area contributed by atoms with Crippen LogP contribution in [0.25, 0.3) is 0 Å². The van der Waals surface area contributed by atoms with Crippen molar-refractivity contribution in [1.82, 2.24) is 0 Å². The van der Waals surface area contributed by atoms with Crippen molar-refractivity contribution < 1.29 is 37.5 Å². The summed E-state index contributed by atoms with van der Waals surface area (Å²) in [4.78, 5) is 11.2. The van der Waals surface area contributed by atoms with Crippen molar-refractivity contribution in [3.05, 3.63) is 24.0 Å². The first-order valence-corrected chi connectivity index (χ1v) is 4.10. The molecule has 1 radical (unpaired) electrons. The summed E-state index contributed by atoms with van der Waals surface area (Å²) in [6.07, 6.45) is 5.56. The van der Waals surface area contributed by atoms with E-state index < -0.39 is 0 Å². The molecule has 2 atom stereocenters. The SMILES string of the molecule is CC(=O)[C-]1[C-](C)C2C=CC1C2.[Rf].[Y]. The summed E-state index contributed by atoms with van der Waals surface area (Å²) in [5, 5.41) is 0. The van der Waals surface area contributed by atoms with Crippen LogP contribution in [0.1, 0.15) is 20.3 Å². The number of allylic oxidation sites excluding steroid dienone is 2. The van der Waals surface area contributed by atoms with Crippen LogP contribution in [0.15, 0.2) is 12.2 Å². The smallest absolute Gasteiger partial charge is 0 e. The molecule has 65 valence electrons. The third-order valence-corrected chi connectivity index (χ3v) is 2.81. The molecule has 0 aromatic rings. The number of hydrogen-bond acceptors (Lipinski definition) is 1. The van der Waals surface area contributed by atoms with Gasteiger partial charge in [-0.25, -0.2) is 6.92 Å². The van der Waals surface area contributed by atoms with Crippen molar-refractivity contribution >= 4 is 5.78 Å². The molecule has 2 aliphatic rings. The van der Waals surface area contributed by atoms with E-state index in [4.69, 9.17) is 0 Å². The first-order valence-electron chi connectivity index (χ1n) is 4.10. The van der Waals surface area contributed by atoms with E-state index in [1.54, 1.807) is 6.92 Å². The second-order valence-corrected chi connectivity index (χ2v) is 3.49. The summed E-state index contributed by atoms with van der Waals surface area (Å²) < 4.78 is 0. The molecule has 13 heavy (non-hydrogen) atoms. The Kier molecular flexibility index (Phi) is 3.87. The maximum Gasteiger partial charge on any atom is 0 e. The molecule has 1 nitrogen and oxygen atoms in total. The van der Waals surface area contributed by atoms with E-state index in [-0.39, 0.29) is 38.5 Å². The van der Waals surface area contributed by atoms with Crippen molar-refractivity contribution in [3.8, 4) is 0 Å². The average Bonchev–Trinajstić information content (AvgIpc) is 2.44. The summed E-state index contributed by atoms with van der Waals surface area (Å²) in [7, 11) is 0. The molecular weight excluding hydrogens is 492 g/mol. The van der Waals surface area contributed by atoms with Gasteiger partial charge in [-0.15, -0.1) is 12.2 Å². The van der Waals surface area contributed by atoms with Gasteiger partial charge in [0.1, 0.15) is 0 Å².